The maximum Gasteiger partial charge on any atom is 0.227 e. The lowest BCUT2D eigenvalue weighted by Crippen LogP contribution is -2.46. The average Bonchev–Trinajstić information content (AvgIpc) is 3.16. The number of hydrogen-bond donors (Lipinski definition) is 2. The molecule has 0 spiro atoms. The van der Waals surface area contributed by atoms with Crippen molar-refractivity contribution in [2.24, 2.45) is 5.92 Å². The molecule has 1 aromatic carbocycles. The zero-order chi connectivity index (χ0) is 20.4. The van der Waals surface area contributed by atoms with Gasteiger partial charge in [0.25, 0.3) is 0 Å². The predicted molar refractivity (Wildman–Crippen MR) is 114 cm³/mol. The molecule has 1 heterocycles. The molecule has 1 aliphatic heterocycles. The molecule has 1 amide bonds. The lowest BCUT2D eigenvalue weighted by atomic mass is 9.86. The zero-order valence-electron chi connectivity index (χ0n) is 16.9. The lowest BCUT2D eigenvalue weighted by molar-refractivity contribution is -0.120. The van der Waals surface area contributed by atoms with Crippen molar-refractivity contribution >= 4 is 27.3 Å². The van der Waals surface area contributed by atoms with Gasteiger partial charge in [-0.2, -0.15) is 0 Å². The van der Waals surface area contributed by atoms with Crippen molar-refractivity contribution < 1.29 is 13.2 Å². The van der Waals surface area contributed by atoms with E-state index < -0.39 is 14.8 Å². The molecule has 0 unspecified atom stereocenters. The molecule has 3 rings (SSSR count). The predicted octanol–water partition coefficient (Wildman–Crippen LogP) is 3.28. The van der Waals surface area contributed by atoms with E-state index in [9.17, 15) is 13.2 Å². The minimum Gasteiger partial charge on any atom is -0.364 e. The van der Waals surface area contributed by atoms with E-state index in [1.807, 2.05) is 24.3 Å². The summed E-state index contributed by atoms with van der Waals surface area (Å²) in [5.41, 5.74) is 1.95. The van der Waals surface area contributed by atoms with Gasteiger partial charge in [-0.3, -0.25) is 4.79 Å². The quantitative estimate of drug-likeness (QED) is 0.737. The van der Waals surface area contributed by atoms with Crippen molar-refractivity contribution in [2.45, 2.75) is 57.2 Å². The average molecular weight is 406 g/mol. The van der Waals surface area contributed by atoms with Crippen molar-refractivity contribution in [3.63, 3.8) is 0 Å². The SMILES string of the molecule is CC(C)(C)S(=O)(=O)NC1CCC(C(=O)Nc2ccc(N3CC=CC3)cc2)CC1. The lowest BCUT2D eigenvalue weighted by Gasteiger charge is -2.30. The molecular formula is C21H31N3O3S. The maximum absolute atomic E-state index is 12.6. The van der Waals surface area contributed by atoms with Crippen LogP contribution in [0.5, 0.6) is 0 Å². The van der Waals surface area contributed by atoms with E-state index in [-0.39, 0.29) is 17.9 Å². The summed E-state index contributed by atoms with van der Waals surface area (Å²) < 4.78 is 26.6. The van der Waals surface area contributed by atoms with Crippen LogP contribution < -0.4 is 14.9 Å². The van der Waals surface area contributed by atoms with Crippen molar-refractivity contribution in [3.8, 4) is 0 Å². The third-order valence-corrected chi connectivity index (χ3v) is 7.80. The van der Waals surface area contributed by atoms with Crippen LogP contribution in [0, 0.1) is 5.92 Å². The van der Waals surface area contributed by atoms with E-state index in [1.165, 1.54) is 0 Å². The van der Waals surface area contributed by atoms with Crippen LogP contribution in [0.4, 0.5) is 11.4 Å². The smallest absolute Gasteiger partial charge is 0.227 e. The largest absolute Gasteiger partial charge is 0.364 e. The van der Waals surface area contributed by atoms with Gasteiger partial charge in [0, 0.05) is 36.4 Å². The van der Waals surface area contributed by atoms with E-state index in [2.05, 4.69) is 27.1 Å². The summed E-state index contributed by atoms with van der Waals surface area (Å²) in [6.45, 7) is 6.93. The molecule has 6 nitrogen and oxygen atoms in total. The highest BCUT2D eigenvalue weighted by molar-refractivity contribution is 7.90. The van der Waals surface area contributed by atoms with Crippen LogP contribution in [0.3, 0.4) is 0 Å². The monoisotopic (exact) mass is 405 g/mol. The van der Waals surface area contributed by atoms with Crippen LogP contribution in [0.15, 0.2) is 36.4 Å². The summed E-state index contributed by atoms with van der Waals surface area (Å²) in [4.78, 5) is 14.8. The summed E-state index contributed by atoms with van der Waals surface area (Å²) in [7, 11) is -3.35. The van der Waals surface area contributed by atoms with Crippen LogP contribution in [-0.4, -0.2) is 38.2 Å². The number of sulfonamides is 1. The molecule has 0 bridgehead atoms. The summed E-state index contributed by atoms with van der Waals surface area (Å²) in [5, 5.41) is 3.01. The van der Waals surface area contributed by atoms with E-state index in [0.717, 1.165) is 24.5 Å². The van der Waals surface area contributed by atoms with Crippen molar-refractivity contribution in [1.82, 2.24) is 4.72 Å². The fraction of sp³-hybridized carbons (Fsp3) is 0.571. The topological polar surface area (TPSA) is 78.5 Å². The Morgan fingerprint density at radius 3 is 2.11 bits per heavy atom. The van der Waals surface area contributed by atoms with Crippen molar-refractivity contribution in [3.05, 3.63) is 36.4 Å². The number of amides is 1. The fourth-order valence-electron chi connectivity index (χ4n) is 3.56. The number of rotatable bonds is 5. The number of nitrogens with one attached hydrogen (secondary N) is 2. The van der Waals surface area contributed by atoms with Gasteiger partial charge in [0.2, 0.25) is 15.9 Å². The Balaban J connectivity index is 1.49. The highest BCUT2D eigenvalue weighted by Crippen LogP contribution is 2.28. The number of hydrogen-bond acceptors (Lipinski definition) is 4. The van der Waals surface area contributed by atoms with Crippen molar-refractivity contribution in [2.75, 3.05) is 23.3 Å². The van der Waals surface area contributed by atoms with E-state index in [0.29, 0.717) is 25.7 Å². The van der Waals surface area contributed by atoms with Gasteiger partial charge in [-0.15, -0.1) is 0 Å². The molecule has 0 radical (unpaired) electrons. The Morgan fingerprint density at radius 1 is 1.00 bits per heavy atom. The fourth-order valence-corrected chi connectivity index (χ4v) is 4.59. The number of nitrogens with zero attached hydrogens (tertiary/aromatic N) is 1. The first-order valence-corrected chi connectivity index (χ1v) is 11.5. The minimum atomic E-state index is -3.35. The summed E-state index contributed by atoms with van der Waals surface area (Å²) in [6.07, 6.45) is 7.06. The molecule has 7 heteroatoms. The molecule has 1 aromatic rings. The second-order valence-electron chi connectivity index (χ2n) is 8.69. The molecule has 2 aliphatic rings. The summed E-state index contributed by atoms with van der Waals surface area (Å²) in [5.74, 6) is -0.0504. The van der Waals surface area contributed by atoms with Gasteiger partial charge < -0.3 is 10.2 Å². The molecule has 1 saturated carbocycles. The zero-order valence-corrected chi connectivity index (χ0v) is 17.8. The Kier molecular flexibility index (Phi) is 6.15. The van der Waals surface area contributed by atoms with Gasteiger partial charge in [-0.05, 0) is 70.7 Å². The molecule has 0 saturated heterocycles. The highest BCUT2D eigenvalue weighted by atomic mass is 32.2. The molecule has 154 valence electrons. The number of carbonyl (C=O) groups is 1. The van der Waals surface area contributed by atoms with E-state index in [4.69, 9.17) is 0 Å². The molecule has 0 aromatic heterocycles. The van der Waals surface area contributed by atoms with Gasteiger partial charge in [-0.25, -0.2) is 13.1 Å². The molecule has 1 fully saturated rings. The van der Waals surface area contributed by atoms with E-state index >= 15 is 0 Å². The van der Waals surface area contributed by atoms with Crippen molar-refractivity contribution in [1.29, 1.82) is 0 Å². The Labute approximate surface area is 168 Å². The normalized spacial score (nSPS) is 23.0. The van der Waals surface area contributed by atoms with Gasteiger partial charge in [0.1, 0.15) is 0 Å². The first-order valence-electron chi connectivity index (χ1n) is 9.98. The van der Waals surface area contributed by atoms with Gasteiger partial charge in [0.15, 0.2) is 0 Å². The van der Waals surface area contributed by atoms with Crippen LogP contribution in [0.1, 0.15) is 46.5 Å². The Hall–Kier alpha value is -1.86. The van der Waals surface area contributed by atoms with Crippen LogP contribution in [0.2, 0.25) is 0 Å². The van der Waals surface area contributed by atoms with Crippen LogP contribution in [0.25, 0.3) is 0 Å². The maximum atomic E-state index is 12.6. The third kappa shape index (κ3) is 4.94. The molecule has 0 atom stereocenters. The van der Waals surface area contributed by atoms with Crippen LogP contribution >= 0.6 is 0 Å². The minimum absolute atomic E-state index is 0.0210. The first kappa shape index (κ1) is 20.9. The van der Waals surface area contributed by atoms with Gasteiger partial charge >= 0.3 is 0 Å². The van der Waals surface area contributed by atoms with E-state index in [1.54, 1.807) is 20.8 Å². The third-order valence-electron chi connectivity index (χ3n) is 5.54. The molecule has 28 heavy (non-hydrogen) atoms. The highest BCUT2D eigenvalue weighted by Gasteiger charge is 2.34. The molecule has 2 N–H and O–H groups in total. The summed E-state index contributed by atoms with van der Waals surface area (Å²) in [6, 6.07) is 7.85. The first-order chi connectivity index (χ1) is 13.2. The number of carbonyl (C=O) groups excluding carboxylic acids is 1. The molecule has 1 aliphatic carbocycles. The molecular weight excluding hydrogens is 374 g/mol. The standard InChI is InChI=1S/C21H31N3O3S/c1-21(2,3)28(26,27)23-18-8-6-16(7-9-18)20(25)22-17-10-12-19(13-11-17)24-14-4-5-15-24/h4-5,10-13,16,18,23H,6-9,14-15H2,1-3H3,(H,22,25). The second-order valence-corrected chi connectivity index (χ2v) is 11.2. The van der Waals surface area contributed by atoms with Gasteiger partial charge in [0.05, 0.1) is 4.75 Å². The van der Waals surface area contributed by atoms with Crippen LogP contribution in [-0.2, 0) is 14.8 Å². The Bertz CT molecular complexity index is 809. The second kappa shape index (κ2) is 8.25. The number of benzene rings is 1. The number of anilines is 2. The van der Waals surface area contributed by atoms with Gasteiger partial charge in [-0.1, -0.05) is 12.2 Å². The Morgan fingerprint density at radius 2 is 1.57 bits per heavy atom. The summed E-state index contributed by atoms with van der Waals surface area (Å²) >= 11 is 0.